The standard InChI is InChI=1S/C13H16F2N2O2/c1-3-4-11(18)17-12(13(19)16-2)8-5-6-9(14)10(15)7-8/h5-7,12H,3-4H2,1-2H3,(H,16,19)(H,17,18). The van der Waals surface area contributed by atoms with E-state index >= 15 is 0 Å². The van der Waals surface area contributed by atoms with Crippen LogP contribution < -0.4 is 10.6 Å². The molecule has 0 spiro atoms. The Morgan fingerprint density at radius 2 is 1.95 bits per heavy atom. The topological polar surface area (TPSA) is 58.2 Å². The van der Waals surface area contributed by atoms with Gasteiger partial charge in [-0.1, -0.05) is 13.0 Å². The van der Waals surface area contributed by atoms with E-state index in [4.69, 9.17) is 0 Å². The number of nitrogens with one attached hydrogen (secondary N) is 2. The van der Waals surface area contributed by atoms with E-state index < -0.39 is 23.6 Å². The highest BCUT2D eigenvalue weighted by Gasteiger charge is 2.22. The molecule has 1 rings (SSSR count). The largest absolute Gasteiger partial charge is 0.357 e. The highest BCUT2D eigenvalue weighted by Crippen LogP contribution is 2.17. The van der Waals surface area contributed by atoms with E-state index in [9.17, 15) is 18.4 Å². The number of likely N-dealkylation sites (N-methyl/N-ethyl adjacent to an activating group) is 1. The summed E-state index contributed by atoms with van der Waals surface area (Å²) in [4.78, 5) is 23.2. The molecule has 4 nitrogen and oxygen atoms in total. The molecule has 0 saturated heterocycles. The van der Waals surface area contributed by atoms with E-state index in [0.717, 1.165) is 12.1 Å². The van der Waals surface area contributed by atoms with Gasteiger partial charge >= 0.3 is 0 Å². The Hall–Kier alpha value is -1.98. The number of hydrogen-bond donors (Lipinski definition) is 2. The molecule has 0 aliphatic rings. The summed E-state index contributed by atoms with van der Waals surface area (Å²) in [6, 6.07) is 2.07. The minimum atomic E-state index is -1.06. The third-order valence-corrected chi connectivity index (χ3v) is 2.57. The number of benzene rings is 1. The maximum Gasteiger partial charge on any atom is 0.246 e. The van der Waals surface area contributed by atoms with Gasteiger partial charge in [-0.3, -0.25) is 9.59 Å². The van der Waals surface area contributed by atoms with Gasteiger partial charge in [-0.05, 0) is 24.1 Å². The molecule has 6 heteroatoms. The van der Waals surface area contributed by atoms with E-state index in [1.165, 1.54) is 13.1 Å². The SMILES string of the molecule is CCCC(=O)NC(C(=O)NC)c1ccc(F)c(F)c1. The fourth-order valence-electron chi connectivity index (χ4n) is 1.60. The van der Waals surface area contributed by atoms with Crippen molar-refractivity contribution >= 4 is 11.8 Å². The van der Waals surface area contributed by atoms with Crippen LogP contribution in [0, 0.1) is 11.6 Å². The summed E-state index contributed by atoms with van der Waals surface area (Å²) in [5.41, 5.74) is 0.197. The van der Waals surface area contributed by atoms with Gasteiger partial charge in [0.25, 0.3) is 0 Å². The zero-order chi connectivity index (χ0) is 14.4. The van der Waals surface area contributed by atoms with Crippen molar-refractivity contribution in [2.24, 2.45) is 0 Å². The lowest BCUT2D eigenvalue weighted by Gasteiger charge is -2.17. The highest BCUT2D eigenvalue weighted by atomic mass is 19.2. The van der Waals surface area contributed by atoms with Crippen molar-refractivity contribution in [1.29, 1.82) is 0 Å². The molecular formula is C13H16F2N2O2. The van der Waals surface area contributed by atoms with E-state index in [-0.39, 0.29) is 17.9 Å². The molecular weight excluding hydrogens is 254 g/mol. The highest BCUT2D eigenvalue weighted by molar-refractivity contribution is 5.88. The Morgan fingerprint density at radius 3 is 2.47 bits per heavy atom. The van der Waals surface area contributed by atoms with Crippen LogP contribution in [0.3, 0.4) is 0 Å². The third kappa shape index (κ3) is 4.01. The molecule has 2 amide bonds. The summed E-state index contributed by atoms with van der Waals surface area (Å²) < 4.78 is 26.0. The molecule has 0 aliphatic carbocycles. The minimum Gasteiger partial charge on any atom is -0.357 e. The first kappa shape index (κ1) is 15.1. The van der Waals surface area contributed by atoms with Crippen LogP contribution in [0.1, 0.15) is 31.4 Å². The zero-order valence-electron chi connectivity index (χ0n) is 10.8. The van der Waals surface area contributed by atoms with Crippen molar-refractivity contribution < 1.29 is 18.4 Å². The second-order valence-electron chi connectivity index (χ2n) is 4.04. The van der Waals surface area contributed by atoms with Crippen molar-refractivity contribution in [2.75, 3.05) is 7.05 Å². The second kappa shape index (κ2) is 6.82. The average molecular weight is 270 g/mol. The molecule has 0 saturated carbocycles. The van der Waals surface area contributed by atoms with Gasteiger partial charge in [0.05, 0.1) is 0 Å². The Bertz CT molecular complexity index is 478. The van der Waals surface area contributed by atoms with Crippen LogP contribution >= 0.6 is 0 Å². The summed E-state index contributed by atoms with van der Waals surface area (Å²) in [6.45, 7) is 1.83. The maximum absolute atomic E-state index is 13.2. The van der Waals surface area contributed by atoms with Crippen LogP contribution in [0.4, 0.5) is 8.78 Å². The quantitative estimate of drug-likeness (QED) is 0.855. The van der Waals surface area contributed by atoms with Crippen LogP contribution in [-0.4, -0.2) is 18.9 Å². The van der Waals surface area contributed by atoms with Crippen LogP contribution in [0.2, 0.25) is 0 Å². The molecule has 2 N–H and O–H groups in total. The number of amides is 2. The van der Waals surface area contributed by atoms with Gasteiger partial charge in [0.2, 0.25) is 11.8 Å². The van der Waals surface area contributed by atoms with E-state index in [1.54, 1.807) is 0 Å². The zero-order valence-corrected chi connectivity index (χ0v) is 10.8. The van der Waals surface area contributed by atoms with Gasteiger partial charge in [-0.25, -0.2) is 8.78 Å². The van der Waals surface area contributed by atoms with Gasteiger partial charge < -0.3 is 10.6 Å². The van der Waals surface area contributed by atoms with E-state index in [0.29, 0.717) is 6.42 Å². The van der Waals surface area contributed by atoms with Crippen molar-refractivity contribution in [1.82, 2.24) is 10.6 Å². The lowest BCUT2D eigenvalue weighted by Crippen LogP contribution is -2.39. The fourth-order valence-corrected chi connectivity index (χ4v) is 1.60. The molecule has 1 aromatic carbocycles. The molecule has 0 aliphatic heterocycles. The molecule has 0 fully saturated rings. The fraction of sp³-hybridized carbons (Fsp3) is 0.385. The van der Waals surface area contributed by atoms with Crippen molar-refractivity contribution in [3.63, 3.8) is 0 Å². The minimum absolute atomic E-state index is 0.197. The van der Waals surface area contributed by atoms with Crippen LogP contribution in [0.15, 0.2) is 18.2 Å². The lowest BCUT2D eigenvalue weighted by atomic mass is 10.1. The van der Waals surface area contributed by atoms with Gasteiger partial charge in [-0.15, -0.1) is 0 Å². The normalized spacial score (nSPS) is 11.8. The van der Waals surface area contributed by atoms with E-state index in [1.807, 2.05) is 6.92 Å². The predicted octanol–water partition coefficient (Wildman–Crippen LogP) is 1.67. The Kier molecular flexibility index (Phi) is 5.41. The van der Waals surface area contributed by atoms with Crippen LogP contribution in [0.25, 0.3) is 0 Å². The average Bonchev–Trinajstić information content (AvgIpc) is 2.39. The van der Waals surface area contributed by atoms with Gasteiger partial charge in [0.1, 0.15) is 6.04 Å². The van der Waals surface area contributed by atoms with Gasteiger partial charge in [-0.2, -0.15) is 0 Å². The summed E-state index contributed by atoms with van der Waals surface area (Å²) >= 11 is 0. The number of carbonyl (C=O) groups is 2. The first-order valence-corrected chi connectivity index (χ1v) is 5.95. The van der Waals surface area contributed by atoms with Crippen molar-refractivity contribution in [2.45, 2.75) is 25.8 Å². The van der Waals surface area contributed by atoms with Crippen LogP contribution in [-0.2, 0) is 9.59 Å². The monoisotopic (exact) mass is 270 g/mol. The second-order valence-corrected chi connectivity index (χ2v) is 4.04. The molecule has 104 valence electrons. The van der Waals surface area contributed by atoms with Gasteiger partial charge in [0, 0.05) is 13.5 Å². The Morgan fingerprint density at radius 1 is 1.26 bits per heavy atom. The molecule has 1 atom stereocenters. The molecule has 0 bridgehead atoms. The maximum atomic E-state index is 13.2. The predicted molar refractivity (Wildman–Crippen MR) is 66.2 cm³/mol. The summed E-state index contributed by atoms with van der Waals surface area (Å²) in [6.07, 6.45) is 0.890. The number of carbonyl (C=O) groups excluding carboxylic acids is 2. The van der Waals surface area contributed by atoms with E-state index in [2.05, 4.69) is 10.6 Å². The summed E-state index contributed by atoms with van der Waals surface area (Å²) in [7, 11) is 1.40. The smallest absolute Gasteiger partial charge is 0.246 e. The van der Waals surface area contributed by atoms with Crippen LogP contribution in [0.5, 0.6) is 0 Å². The molecule has 1 unspecified atom stereocenters. The van der Waals surface area contributed by atoms with Crippen molar-refractivity contribution in [3.8, 4) is 0 Å². The number of halogens is 2. The Labute approximate surface area is 110 Å². The molecule has 1 aromatic rings. The van der Waals surface area contributed by atoms with Gasteiger partial charge in [0.15, 0.2) is 11.6 Å². The molecule has 0 radical (unpaired) electrons. The third-order valence-electron chi connectivity index (χ3n) is 2.57. The first-order valence-electron chi connectivity index (χ1n) is 5.95. The first-order chi connectivity index (χ1) is 8.99. The summed E-state index contributed by atoms with van der Waals surface area (Å²) in [5, 5.41) is 4.87. The lowest BCUT2D eigenvalue weighted by molar-refractivity contribution is -0.128. The summed E-state index contributed by atoms with van der Waals surface area (Å²) in [5.74, 6) is -2.87. The number of rotatable bonds is 5. The molecule has 0 heterocycles. The van der Waals surface area contributed by atoms with Crippen molar-refractivity contribution in [3.05, 3.63) is 35.4 Å². The number of hydrogen-bond acceptors (Lipinski definition) is 2. The molecule has 0 aromatic heterocycles. The Balaban J connectivity index is 2.99. The molecule has 19 heavy (non-hydrogen) atoms.